The van der Waals surface area contributed by atoms with E-state index in [2.05, 4.69) is 0 Å². The third kappa shape index (κ3) is 3.46. The largest absolute Gasteiger partial charge is 0.343 e. The van der Waals surface area contributed by atoms with E-state index in [-0.39, 0.29) is 4.99 Å². The first kappa shape index (κ1) is 12.9. The Kier molecular flexibility index (Phi) is 5.94. The molecule has 84 valence electrons. The topological polar surface area (TPSA) is 35.5 Å². The molecule has 1 rings (SSSR count). The van der Waals surface area contributed by atoms with Crippen LogP contribution in [0.15, 0.2) is 0 Å². The highest BCUT2D eigenvalue weighted by atomic mass is 32.2. The molecule has 0 aromatic carbocycles. The first-order valence-electron chi connectivity index (χ1n) is 4.81. The van der Waals surface area contributed by atoms with Crippen LogP contribution < -0.4 is 0 Å². The summed E-state index contributed by atoms with van der Waals surface area (Å²) in [6.07, 6.45) is 0.923. The van der Waals surface area contributed by atoms with Crippen molar-refractivity contribution in [2.75, 3.05) is 24.1 Å². The van der Waals surface area contributed by atoms with Crippen molar-refractivity contribution < 1.29 is 13.6 Å². The second kappa shape index (κ2) is 6.44. The van der Waals surface area contributed by atoms with Gasteiger partial charge < -0.3 is 9.05 Å². The Morgan fingerprint density at radius 1 is 1.36 bits per heavy atom. The average molecular weight is 256 g/mol. The Bertz CT molecular complexity index is 197. The van der Waals surface area contributed by atoms with Crippen molar-refractivity contribution in [3.05, 3.63) is 0 Å². The number of rotatable bonds is 5. The van der Waals surface area contributed by atoms with Gasteiger partial charge in [-0.05, 0) is 26.0 Å². The lowest BCUT2D eigenvalue weighted by Crippen LogP contribution is -2.14. The van der Waals surface area contributed by atoms with Crippen LogP contribution in [-0.4, -0.2) is 29.0 Å². The summed E-state index contributed by atoms with van der Waals surface area (Å²) in [5.74, 6) is 1.06. The van der Waals surface area contributed by atoms with Gasteiger partial charge in [-0.2, -0.15) is 11.8 Å². The predicted molar refractivity (Wildman–Crippen MR) is 64.2 cm³/mol. The van der Waals surface area contributed by atoms with Crippen LogP contribution in [0.5, 0.6) is 0 Å². The summed E-state index contributed by atoms with van der Waals surface area (Å²) >= 11 is 3.58. The van der Waals surface area contributed by atoms with Crippen molar-refractivity contribution in [3.63, 3.8) is 0 Å². The highest BCUT2D eigenvalue weighted by Gasteiger charge is 2.36. The number of thioether (sulfide) groups is 2. The molecule has 1 heterocycles. The average Bonchev–Trinajstić information content (AvgIpc) is 2.20. The zero-order valence-electron chi connectivity index (χ0n) is 8.60. The van der Waals surface area contributed by atoms with Gasteiger partial charge in [-0.25, -0.2) is 0 Å². The molecule has 1 unspecified atom stereocenters. The lowest BCUT2D eigenvalue weighted by atomic mass is 10.6. The minimum atomic E-state index is -2.85. The SMILES string of the molecule is CCOP(=O)(OCC)C1CCSCS1. The van der Waals surface area contributed by atoms with E-state index in [1.54, 1.807) is 11.8 Å². The maximum Gasteiger partial charge on any atom is 0.343 e. The maximum atomic E-state index is 12.3. The third-order valence-electron chi connectivity index (χ3n) is 1.82. The molecule has 0 aromatic heterocycles. The van der Waals surface area contributed by atoms with Crippen LogP contribution in [0.25, 0.3) is 0 Å². The summed E-state index contributed by atoms with van der Waals surface area (Å²) in [5.41, 5.74) is 0. The summed E-state index contributed by atoms with van der Waals surface area (Å²) in [6.45, 7) is 4.63. The second-order valence-electron chi connectivity index (χ2n) is 2.81. The Balaban J connectivity index is 2.59. The van der Waals surface area contributed by atoms with E-state index in [9.17, 15) is 4.57 Å². The van der Waals surface area contributed by atoms with Crippen LogP contribution in [0.3, 0.4) is 0 Å². The van der Waals surface area contributed by atoms with Gasteiger partial charge in [0.05, 0.1) is 13.2 Å². The first-order valence-corrected chi connectivity index (χ1v) is 8.62. The van der Waals surface area contributed by atoms with E-state index in [1.807, 2.05) is 25.6 Å². The monoisotopic (exact) mass is 256 g/mol. The minimum absolute atomic E-state index is 0.0450. The standard InChI is InChI=1S/C8H17O3PS2/c1-3-10-12(9,11-4-2)8-5-6-13-7-14-8/h8H,3-7H2,1-2H3. The maximum absolute atomic E-state index is 12.3. The smallest absolute Gasteiger partial charge is 0.308 e. The van der Waals surface area contributed by atoms with Crippen LogP contribution >= 0.6 is 31.1 Å². The Hall–Kier alpha value is 0.850. The summed E-state index contributed by atoms with van der Waals surface area (Å²) in [4.78, 5) is 0.0450. The Labute approximate surface area is 94.2 Å². The first-order chi connectivity index (χ1) is 6.73. The molecule has 6 heteroatoms. The van der Waals surface area contributed by atoms with Crippen molar-refractivity contribution in [3.8, 4) is 0 Å². The van der Waals surface area contributed by atoms with E-state index in [0.717, 1.165) is 17.3 Å². The molecule has 0 amide bonds. The molecule has 1 atom stereocenters. The van der Waals surface area contributed by atoms with Crippen molar-refractivity contribution in [2.24, 2.45) is 0 Å². The molecule has 0 spiro atoms. The van der Waals surface area contributed by atoms with Gasteiger partial charge in [0.1, 0.15) is 4.99 Å². The zero-order chi connectivity index (χ0) is 10.4. The number of hydrogen-bond donors (Lipinski definition) is 0. The van der Waals surface area contributed by atoms with Crippen LogP contribution in [0, 0.1) is 0 Å². The zero-order valence-corrected chi connectivity index (χ0v) is 11.1. The fourth-order valence-electron chi connectivity index (χ4n) is 1.27. The van der Waals surface area contributed by atoms with Crippen molar-refractivity contribution >= 4 is 31.1 Å². The summed E-state index contributed by atoms with van der Waals surface area (Å²) in [6, 6.07) is 0. The van der Waals surface area contributed by atoms with Gasteiger partial charge in [0.25, 0.3) is 0 Å². The van der Waals surface area contributed by atoms with Gasteiger partial charge in [0.15, 0.2) is 0 Å². The van der Waals surface area contributed by atoms with E-state index in [0.29, 0.717) is 13.2 Å². The predicted octanol–water partition coefficient (Wildman–Crippen LogP) is 3.41. The molecule has 1 aliphatic heterocycles. The van der Waals surface area contributed by atoms with Crippen LogP contribution in [0.2, 0.25) is 0 Å². The minimum Gasteiger partial charge on any atom is -0.308 e. The lowest BCUT2D eigenvalue weighted by molar-refractivity contribution is 0.218. The highest BCUT2D eigenvalue weighted by Crippen LogP contribution is 2.60. The van der Waals surface area contributed by atoms with E-state index < -0.39 is 7.60 Å². The fourth-order valence-corrected chi connectivity index (χ4v) is 6.98. The quantitative estimate of drug-likeness (QED) is 0.704. The van der Waals surface area contributed by atoms with E-state index in [4.69, 9.17) is 9.05 Å². The van der Waals surface area contributed by atoms with Gasteiger partial charge in [-0.1, -0.05) is 0 Å². The molecular weight excluding hydrogens is 239 g/mol. The second-order valence-corrected chi connectivity index (χ2v) is 8.04. The van der Waals surface area contributed by atoms with E-state index >= 15 is 0 Å². The third-order valence-corrected chi connectivity index (χ3v) is 7.60. The van der Waals surface area contributed by atoms with Gasteiger partial charge in [-0.3, -0.25) is 4.57 Å². The van der Waals surface area contributed by atoms with Gasteiger partial charge >= 0.3 is 7.60 Å². The Morgan fingerprint density at radius 2 is 2.00 bits per heavy atom. The van der Waals surface area contributed by atoms with Crippen LogP contribution in [0.4, 0.5) is 0 Å². The van der Waals surface area contributed by atoms with Gasteiger partial charge in [0.2, 0.25) is 0 Å². The molecule has 0 N–H and O–H groups in total. The molecule has 0 saturated carbocycles. The van der Waals surface area contributed by atoms with Gasteiger partial charge in [0, 0.05) is 5.08 Å². The molecule has 1 fully saturated rings. The van der Waals surface area contributed by atoms with Gasteiger partial charge in [-0.15, -0.1) is 11.8 Å². The van der Waals surface area contributed by atoms with Crippen LogP contribution in [0.1, 0.15) is 20.3 Å². The fraction of sp³-hybridized carbons (Fsp3) is 1.00. The number of hydrogen-bond acceptors (Lipinski definition) is 5. The molecule has 1 saturated heterocycles. The molecule has 14 heavy (non-hydrogen) atoms. The molecule has 0 radical (unpaired) electrons. The summed E-state index contributed by atoms with van der Waals surface area (Å²) in [5, 5.41) is 0.995. The van der Waals surface area contributed by atoms with Crippen LogP contribution in [-0.2, 0) is 13.6 Å². The Morgan fingerprint density at radius 3 is 2.43 bits per heavy atom. The molecular formula is C8H17O3PS2. The highest BCUT2D eigenvalue weighted by molar-refractivity contribution is 8.19. The lowest BCUT2D eigenvalue weighted by Gasteiger charge is -2.28. The van der Waals surface area contributed by atoms with Crippen molar-refractivity contribution in [1.82, 2.24) is 0 Å². The molecule has 0 aromatic rings. The van der Waals surface area contributed by atoms with E-state index in [1.165, 1.54) is 0 Å². The summed E-state index contributed by atoms with van der Waals surface area (Å²) < 4.78 is 22.9. The molecule has 0 bridgehead atoms. The molecule has 3 nitrogen and oxygen atoms in total. The summed E-state index contributed by atoms with van der Waals surface area (Å²) in [7, 11) is -2.85. The van der Waals surface area contributed by atoms with Crippen molar-refractivity contribution in [1.29, 1.82) is 0 Å². The normalized spacial score (nSPS) is 23.7. The van der Waals surface area contributed by atoms with Crippen molar-refractivity contribution in [2.45, 2.75) is 25.3 Å². The molecule has 0 aliphatic carbocycles. The molecule has 1 aliphatic rings.